The Labute approximate surface area is 138 Å². The lowest BCUT2D eigenvalue weighted by Crippen LogP contribution is -2.31. The Balaban J connectivity index is 1.99. The third-order valence-corrected chi connectivity index (χ3v) is 4.22. The molecule has 0 radical (unpaired) electrons. The van der Waals surface area contributed by atoms with Crippen molar-refractivity contribution in [3.05, 3.63) is 46.2 Å². The van der Waals surface area contributed by atoms with E-state index in [2.05, 4.69) is 5.32 Å². The number of primary amides is 1. The normalized spacial score (nSPS) is 11.6. The van der Waals surface area contributed by atoms with E-state index >= 15 is 0 Å². The first-order valence-electron chi connectivity index (χ1n) is 6.94. The highest BCUT2D eigenvalue weighted by molar-refractivity contribution is 7.10. The minimum absolute atomic E-state index is 0.105. The van der Waals surface area contributed by atoms with Crippen LogP contribution in [0.5, 0.6) is 11.5 Å². The molecule has 23 heavy (non-hydrogen) atoms. The quantitative estimate of drug-likeness (QED) is 0.811. The first-order valence-corrected chi connectivity index (χ1v) is 7.82. The van der Waals surface area contributed by atoms with Crippen LogP contribution >= 0.6 is 11.3 Å². The summed E-state index contributed by atoms with van der Waals surface area (Å²) in [4.78, 5) is 24.4. The summed E-state index contributed by atoms with van der Waals surface area (Å²) in [7, 11) is 1.50. The van der Waals surface area contributed by atoms with Crippen molar-refractivity contribution < 1.29 is 19.1 Å². The Morgan fingerprint density at radius 1 is 1.35 bits per heavy atom. The van der Waals surface area contributed by atoms with Crippen molar-refractivity contribution >= 4 is 23.2 Å². The molecule has 2 aromatic rings. The number of benzene rings is 1. The first-order chi connectivity index (χ1) is 11.0. The second-order valence-corrected chi connectivity index (χ2v) is 5.80. The summed E-state index contributed by atoms with van der Waals surface area (Å²) in [5.41, 5.74) is 5.50. The second kappa shape index (κ2) is 7.64. The number of methoxy groups -OCH3 is 1. The van der Waals surface area contributed by atoms with Gasteiger partial charge in [0.15, 0.2) is 6.61 Å². The molecule has 0 bridgehead atoms. The van der Waals surface area contributed by atoms with Crippen LogP contribution in [0.25, 0.3) is 0 Å². The van der Waals surface area contributed by atoms with E-state index in [1.165, 1.54) is 19.2 Å². The monoisotopic (exact) mass is 334 g/mol. The van der Waals surface area contributed by atoms with Crippen LogP contribution in [-0.2, 0) is 4.79 Å². The van der Waals surface area contributed by atoms with Gasteiger partial charge in [0.25, 0.3) is 11.8 Å². The van der Waals surface area contributed by atoms with Gasteiger partial charge in [-0.3, -0.25) is 9.59 Å². The van der Waals surface area contributed by atoms with Gasteiger partial charge in [-0.15, -0.1) is 11.3 Å². The number of hydrogen-bond acceptors (Lipinski definition) is 5. The second-order valence-electron chi connectivity index (χ2n) is 4.82. The van der Waals surface area contributed by atoms with E-state index in [0.29, 0.717) is 5.75 Å². The van der Waals surface area contributed by atoms with E-state index in [-0.39, 0.29) is 29.9 Å². The van der Waals surface area contributed by atoms with Gasteiger partial charge in [-0.1, -0.05) is 6.07 Å². The van der Waals surface area contributed by atoms with Crippen molar-refractivity contribution in [2.24, 2.45) is 5.73 Å². The molecule has 122 valence electrons. The topological polar surface area (TPSA) is 90.7 Å². The number of carbonyl (C=O) groups is 2. The molecule has 0 saturated heterocycles. The molecule has 0 unspecified atom stereocenters. The highest BCUT2D eigenvalue weighted by Crippen LogP contribution is 2.24. The number of nitrogens with one attached hydrogen (secondary N) is 1. The van der Waals surface area contributed by atoms with Crippen molar-refractivity contribution in [2.75, 3.05) is 13.7 Å². The highest BCUT2D eigenvalue weighted by Gasteiger charge is 2.14. The van der Waals surface area contributed by atoms with Crippen molar-refractivity contribution in [1.82, 2.24) is 5.32 Å². The number of carbonyl (C=O) groups excluding carboxylic acids is 2. The summed E-state index contributed by atoms with van der Waals surface area (Å²) in [6, 6.07) is 8.40. The van der Waals surface area contributed by atoms with Crippen LogP contribution in [0.1, 0.15) is 28.2 Å². The van der Waals surface area contributed by atoms with Crippen LogP contribution in [0.15, 0.2) is 35.7 Å². The largest absolute Gasteiger partial charge is 0.497 e. The summed E-state index contributed by atoms with van der Waals surface area (Å²) >= 11 is 1.57. The molecule has 1 heterocycles. The Hall–Kier alpha value is -2.54. The molecule has 3 N–H and O–H groups in total. The zero-order valence-corrected chi connectivity index (χ0v) is 13.7. The fraction of sp³-hybridized carbons (Fsp3) is 0.250. The van der Waals surface area contributed by atoms with Crippen LogP contribution in [0.4, 0.5) is 0 Å². The van der Waals surface area contributed by atoms with Crippen LogP contribution in [-0.4, -0.2) is 25.5 Å². The molecule has 1 atom stereocenters. The fourth-order valence-electron chi connectivity index (χ4n) is 1.99. The average Bonchev–Trinajstić information content (AvgIpc) is 3.07. The Morgan fingerprint density at radius 2 is 2.13 bits per heavy atom. The molecule has 2 amide bonds. The summed E-state index contributed by atoms with van der Waals surface area (Å²) in [6.07, 6.45) is 0. The number of nitrogens with two attached hydrogens (primary N) is 1. The van der Waals surface area contributed by atoms with Crippen LogP contribution in [0.2, 0.25) is 0 Å². The van der Waals surface area contributed by atoms with Gasteiger partial charge in [0.05, 0.1) is 18.7 Å². The fourth-order valence-corrected chi connectivity index (χ4v) is 2.72. The van der Waals surface area contributed by atoms with Crippen molar-refractivity contribution in [3.63, 3.8) is 0 Å². The molecule has 2 rings (SSSR count). The third kappa shape index (κ3) is 4.46. The summed E-state index contributed by atoms with van der Waals surface area (Å²) in [5.74, 6) is -0.188. The van der Waals surface area contributed by atoms with Crippen LogP contribution < -0.4 is 20.5 Å². The molecule has 7 heteroatoms. The van der Waals surface area contributed by atoms with Crippen molar-refractivity contribution in [1.29, 1.82) is 0 Å². The van der Waals surface area contributed by atoms with Gasteiger partial charge >= 0.3 is 0 Å². The number of thiophene rings is 1. The Kier molecular flexibility index (Phi) is 5.59. The molecule has 0 aliphatic rings. The molecule has 1 aromatic heterocycles. The van der Waals surface area contributed by atoms with Gasteiger partial charge in [-0.2, -0.15) is 0 Å². The number of rotatable bonds is 7. The maximum atomic E-state index is 12.0. The van der Waals surface area contributed by atoms with Gasteiger partial charge in [0.1, 0.15) is 11.5 Å². The molecule has 0 aliphatic heterocycles. The van der Waals surface area contributed by atoms with Crippen LogP contribution in [0, 0.1) is 0 Å². The van der Waals surface area contributed by atoms with Crippen LogP contribution in [0.3, 0.4) is 0 Å². The van der Waals surface area contributed by atoms with Gasteiger partial charge < -0.3 is 20.5 Å². The smallest absolute Gasteiger partial charge is 0.258 e. The summed E-state index contributed by atoms with van der Waals surface area (Å²) < 4.78 is 10.5. The van der Waals surface area contributed by atoms with E-state index in [1.807, 2.05) is 24.4 Å². The predicted octanol–water partition coefficient (Wildman–Crippen LogP) is 2.11. The maximum Gasteiger partial charge on any atom is 0.258 e. The first kappa shape index (κ1) is 16.8. The van der Waals surface area contributed by atoms with E-state index in [4.69, 9.17) is 15.2 Å². The van der Waals surface area contributed by atoms with E-state index in [0.717, 1.165) is 4.88 Å². The molecular weight excluding hydrogens is 316 g/mol. The zero-order chi connectivity index (χ0) is 16.8. The molecule has 0 aliphatic carbocycles. The minimum atomic E-state index is -0.630. The third-order valence-electron chi connectivity index (χ3n) is 3.16. The average molecular weight is 334 g/mol. The Bertz CT molecular complexity index is 685. The maximum absolute atomic E-state index is 12.0. The predicted molar refractivity (Wildman–Crippen MR) is 87.9 cm³/mol. The molecule has 1 aromatic carbocycles. The summed E-state index contributed by atoms with van der Waals surface area (Å²) in [6.45, 7) is 1.67. The number of ether oxygens (including phenoxy) is 2. The molecular formula is C16H18N2O4S. The van der Waals surface area contributed by atoms with E-state index in [1.54, 1.807) is 17.4 Å². The van der Waals surface area contributed by atoms with Crippen molar-refractivity contribution in [3.8, 4) is 11.5 Å². The SMILES string of the molecule is COc1ccc(C(N)=O)c(OCC(=O)N[C@@H](C)c2cccs2)c1. The Morgan fingerprint density at radius 3 is 2.74 bits per heavy atom. The zero-order valence-electron chi connectivity index (χ0n) is 12.9. The van der Waals surface area contributed by atoms with E-state index in [9.17, 15) is 9.59 Å². The van der Waals surface area contributed by atoms with Gasteiger partial charge in [-0.25, -0.2) is 0 Å². The molecule has 6 nitrogen and oxygen atoms in total. The number of hydrogen-bond donors (Lipinski definition) is 2. The van der Waals surface area contributed by atoms with Gasteiger partial charge in [0, 0.05) is 10.9 Å². The van der Waals surface area contributed by atoms with E-state index < -0.39 is 5.91 Å². The molecule has 0 fully saturated rings. The summed E-state index contributed by atoms with van der Waals surface area (Å²) in [5, 5.41) is 4.78. The minimum Gasteiger partial charge on any atom is -0.497 e. The van der Waals surface area contributed by atoms with Crippen molar-refractivity contribution in [2.45, 2.75) is 13.0 Å². The molecule has 0 saturated carbocycles. The number of amides is 2. The van der Waals surface area contributed by atoms with Gasteiger partial charge in [-0.05, 0) is 30.5 Å². The lowest BCUT2D eigenvalue weighted by molar-refractivity contribution is -0.123. The highest BCUT2D eigenvalue weighted by atomic mass is 32.1. The lowest BCUT2D eigenvalue weighted by atomic mass is 10.2. The molecule has 0 spiro atoms. The standard InChI is InChI=1S/C16H18N2O4S/c1-10(14-4-3-7-23-14)18-15(19)9-22-13-8-11(21-2)5-6-12(13)16(17)20/h3-8,10H,9H2,1-2H3,(H2,17,20)(H,18,19)/t10-/m0/s1. The lowest BCUT2D eigenvalue weighted by Gasteiger charge is -2.14. The van der Waals surface area contributed by atoms with Gasteiger partial charge in [0.2, 0.25) is 0 Å².